The van der Waals surface area contributed by atoms with Gasteiger partial charge in [-0.3, -0.25) is 4.79 Å². The van der Waals surface area contributed by atoms with Crippen LogP contribution < -0.4 is 11.1 Å². The van der Waals surface area contributed by atoms with Crippen LogP contribution in [0, 0.1) is 0 Å². The molecule has 0 saturated heterocycles. The number of hydrogen-bond donors (Lipinski definition) is 2. The first-order valence-electron chi connectivity index (χ1n) is 1.90. The van der Waals surface area contributed by atoms with Crippen molar-refractivity contribution < 1.29 is 4.79 Å². The van der Waals surface area contributed by atoms with Crippen LogP contribution in [0.5, 0.6) is 0 Å². The lowest BCUT2D eigenvalue weighted by Gasteiger charge is -1.90. The smallest absolute Gasteiger partial charge is 0.211 e. The fourth-order valence-electron chi connectivity index (χ4n) is 0.141. The predicted octanol–water partition coefficient (Wildman–Crippen LogP) is -0.448. The Morgan fingerprint density at radius 3 is 2.57 bits per heavy atom. The zero-order chi connectivity index (χ0) is 5.70. The fraction of sp³-hybridized carbons (Fsp3) is 0.250. The third kappa shape index (κ3) is 2.82. The third-order valence-corrected chi connectivity index (χ3v) is 0.537. The van der Waals surface area contributed by atoms with Crippen molar-refractivity contribution in [1.29, 1.82) is 0 Å². The van der Waals surface area contributed by atoms with E-state index in [0.717, 1.165) is 0 Å². The highest BCUT2D eigenvalue weighted by Gasteiger charge is 1.75. The van der Waals surface area contributed by atoms with Gasteiger partial charge in [0.2, 0.25) is 6.41 Å². The fourth-order valence-corrected chi connectivity index (χ4v) is 0.141. The number of carbonyl (C=O) groups is 1. The van der Waals surface area contributed by atoms with E-state index in [1.807, 2.05) is 0 Å². The Morgan fingerprint density at radius 2 is 2.43 bits per heavy atom. The van der Waals surface area contributed by atoms with Crippen LogP contribution >= 0.6 is 0 Å². The zero-order valence-electron chi connectivity index (χ0n) is 4.14. The van der Waals surface area contributed by atoms with E-state index in [4.69, 9.17) is 5.73 Å². The van der Waals surface area contributed by atoms with E-state index in [1.165, 1.54) is 6.20 Å². The Balaban J connectivity index is 3.36. The van der Waals surface area contributed by atoms with Gasteiger partial charge in [-0.05, 0) is 6.92 Å². The van der Waals surface area contributed by atoms with Crippen LogP contribution in [-0.4, -0.2) is 6.41 Å². The number of allylic oxidation sites excluding steroid dienone is 1. The Labute approximate surface area is 42.2 Å². The summed E-state index contributed by atoms with van der Waals surface area (Å²) < 4.78 is 0. The molecule has 0 aliphatic heterocycles. The number of nitrogens with two attached hydrogens (primary N) is 1. The topological polar surface area (TPSA) is 55.1 Å². The molecular weight excluding hydrogens is 92.1 g/mol. The van der Waals surface area contributed by atoms with Crippen LogP contribution in [0.2, 0.25) is 0 Å². The van der Waals surface area contributed by atoms with Crippen molar-refractivity contribution in [1.82, 2.24) is 5.32 Å². The molecule has 3 N–H and O–H groups in total. The van der Waals surface area contributed by atoms with E-state index in [0.29, 0.717) is 12.1 Å². The van der Waals surface area contributed by atoms with Crippen LogP contribution in [-0.2, 0) is 4.79 Å². The number of carbonyl (C=O) groups excluding carboxylic acids is 1. The van der Waals surface area contributed by atoms with E-state index < -0.39 is 0 Å². The minimum absolute atomic E-state index is 0.582. The Hall–Kier alpha value is -0.990. The third-order valence-electron chi connectivity index (χ3n) is 0.537. The highest BCUT2D eigenvalue weighted by molar-refractivity contribution is 5.49. The van der Waals surface area contributed by atoms with Gasteiger partial charge >= 0.3 is 0 Å². The summed E-state index contributed by atoms with van der Waals surface area (Å²) in [6.45, 7) is 1.70. The Morgan fingerprint density at radius 1 is 1.86 bits per heavy atom. The van der Waals surface area contributed by atoms with Crippen LogP contribution in [0.25, 0.3) is 0 Å². The van der Waals surface area contributed by atoms with Crippen LogP contribution in [0.4, 0.5) is 0 Å². The molecule has 3 nitrogen and oxygen atoms in total. The molecule has 0 unspecified atom stereocenters. The average molecular weight is 100 g/mol. The van der Waals surface area contributed by atoms with Crippen molar-refractivity contribution in [2.75, 3.05) is 0 Å². The molecule has 0 spiro atoms. The average Bonchev–Trinajstić information content (AvgIpc) is 1.68. The van der Waals surface area contributed by atoms with Gasteiger partial charge in [0.1, 0.15) is 0 Å². The van der Waals surface area contributed by atoms with Crippen molar-refractivity contribution in [2.45, 2.75) is 6.92 Å². The molecule has 7 heavy (non-hydrogen) atoms. The Kier molecular flexibility index (Phi) is 2.76. The van der Waals surface area contributed by atoms with E-state index in [1.54, 1.807) is 6.92 Å². The molecule has 0 saturated carbocycles. The SMILES string of the molecule is C/C(=C/N)NC=O. The van der Waals surface area contributed by atoms with Gasteiger partial charge in [0.05, 0.1) is 0 Å². The molecule has 0 bridgehead atoms. The van der Waals surface area contributed by atoms with Gasteiger partial charge in [-0.15, -0.1) is 0 Å². The maximum atomic E-state index is 9.57. The molecule has 0 aliphatic rings. The monoisotopic (exact) mass is 100 g/mol. The van der Waals surface area contributed by atoms with Crippen molar-refractivity contribution >= 4 is 6.41 Å². The molecular formula is C4H8N2O. The van der Waals surface area contributed by atoms with E-state index in [2.05, 4.69) is 5.32 Å². The number of nitrogens with one attached hydrogen (secondary N) is 1. The molecule has 40 valence electrons. The normalized spacial score (nSPS) is 10.7. The molecule has 0 aromatic heterocycles. The summed E-state index contributed by atoms with van der Waals surface area (Å²) >= 11 is 0. The van der Waals surface area contributed by atoms with Gasteiger partial charge in [-0.1, -0.05) is 0 Å². The molecule has 0 heterocycles. The van der Waals surface area contributed by atoms with Crippen molar-refractivity contribution in [3.05, 3.63) is 11.9 Å². The molecule has 0 aliphatic carbocycles. The van der Waals surface area contributed by atoms with E-state index in [-0.39, 0.29) is 0 Å². The second-order valence-corrected chi connectivity index (χ2v) is 1.11. The lowest BCUT2D eigenvalue weighted by molar-refractivity contribution is -0.108. The largest absolute Gasteiger partial charge is 0.403 e. The summed E-state index contributed by atoms with van der Waals surface area (Å²) in [5.41, 5.74) is 5.64. The lowest BCUT2D eigenvalue weighted by Crippen LogP contribution is -2.08. The summed E-state index contributed by atoms with van der Waals surface area (Å²) in [5, 5.41) is 2.35. The quantitative estimate of drug-likeness (QED) is 0.462. The van der Waals surface area contributed by atoms with Gasteiger partial charge in [0.15, 0.2) is 0 Å². The van der Waals surface area contributed by atoms with Gasteiger partial charge in [-0.2, -0.15) is 0 Å². The second-order valence-electron chi connectivity index (χ2n) is 1.11. The van der Waals surface area contributed by atoms with E-state index >= 15 is 0 Å². The summed E-state index contributed by atoms with van der Waals surface area (Å²) in [4.78, 5) is 9.57. The van der Waals surface area contributed by atoms with Crippen LogP contribution in [0.3, 0.4) is 0 Å². The minimum Gasteiger partial charge on any atom is -0.403 e. The number of rotatable bonds is 2. The first-order chi connectivity index (χ1) is 3.31. The van der Waals surface area contributed by atoms with Crippen molar-refractivity contribution in [2.24, 2.45) is 5.73 Å². The van der Waals surface area contributed by atoms with Gasteiger partial charge in [-0.25, -0.2) is 0 Å². The van der Waals surface area contributed by atoms with Crippen LogP contribution in [0.1, 0.15) is 6.92 Å². The summed E-state index contributed by atoms with van der Waals surface area (Å²) in [7, 11) is 0. The van der Waals surface area contributed by atoms with Crippen molar-refractivity contribution in [3.63, 3.8) is 0 Å². The van der Waals surface area contributed by atoms with Gasteiger partial charge in [0.25, 0.3) is 0 Å². The molecule has 0 aromatic carbocycles. The predicted molar refractivity (Wildman–Crippen MR) is 27.1 cm³/mol. The minimum atomic E-state index is 0.582. The Bertz CT molecular complexity index is 87.7. The van der Waals surface area contributed by atoms with E-state index in [9.17, 15) is 4.79 Å². The lowest BCUT2D eigenvalue weighted by atomic mass is 10.5. The zero-order valence-corrected chi connectivity index (χ0v) is 4.14. The number of hydrogen-bond acceptors (Lipinski definition) is 2. The van der Waals surface area contributed by atoms with Gasteiger partial charge < -0.3 is 11.1 Å². The number of amides is 1. The summed E-state index contributed by atoms with van der Waals surface area (Å²) in [5.74, 6) is 0. The molecule has 0 radical (unpaired) electrons. The highest BCUT2D eigenvalue weighted by atomic mass is 16.1. The molecule has 0 rings (SSSR count). The maximum Gasteiger partial charge on any atom is 0.211 e. The maximum absolute atomic E-state index is 9.57. The molecule has 0 fully saturated rings. The summed E-state index contributed by atoms with van der Waals surface area (Å²) in [6, 6.07) is 0. The summed E-state index contributed by atoms with van der Waals surface area (Å²) in [6.07, 6.45) is 1.91. The molecule has 1 amide bonds. The first kappa shape index (κ1) is 6.01. The molecule has 3 heteroatoms. The molecule has 0 aromatic rings. The first-order valence-corrected chi connectivity index (χ1v) is 1.90. The highest BCUT2D eigenvalue weighted by Crippen LogP contribution is 1.73. The standard InChI is InChI=1S/C4H8N2O/c1-4(2-5)6-3-7/h2-3H,5H2,1H3,(H,6,7)/b4-2-. The molecule has 0 atom stereocenters. The van der Waals surface area contributed by atoms with Crippen molar-refractivity contribution in [3.8, 4) is 0 Å². The van der Waals surface area contributed by atoms with Gasteiger partial charge in [0, 0.05) is 11.9 Å². The second kappa shape index (κ2) is 3.21. The van der Waals surface area contributed by atoms with Crippen LogP contribution in [0.15, 0.2) is 11.9 Å².